The van der Waals surface area contributed by atoms with Crippen molar-refractivity contribution in [2.24, 2.45) is 5.73 Å². The van der Waals surface area contributed by atoms with Gasteiger partial charge >= 0.3 is 0 Å². The van der Waals surface area contributed by atoms with E-state index in [9.17, 15) is 9.90 Å². The topological polar surface area (TPSA) is 84.6 Å². The summed E-state index contributed by atoms with van der Waals surface area (Å²) in [4.78, 5) is 9.60. The van der Waals surface area contributed by atoms with Gasteiger partial charge in [-0.25, -0.2) is 0 Å². The Kier molecular flexibility index (Phi) is 7.67. The van der Waals surface area contributed by atoms with Crippen LogP contribution in [0.25, 0.3) is 0 Å². The zero-order valence-electron chi connectivity index (χ0n) is 14.1. The standard InChI is InChI=1S/C12H17BrN2O.C5H10O2/c13-10-1-2-11(9(7-10)8-14)12(16)3-5-15-6-4-12;1-5(2,3)7-4-6/h1-2,7,15-16H,3-6,8,14H2;4H,1-3H3. The molecule has 0 spiro atoms. The summed E-state index contributed by atoms with van der Waals surface area (Å²) in [5.74, 6) is 0. The first-order chi connectivity index (χ1) is 10.7. The molecule has 5 nitrogen and oxygen atoms in total. The van der Waals surface area contributed by atoms with E-state index in [4.69, 9.17) is 5.73 Å². The number of carbonyl (C=O) groups is 1. The molecule has 0 aromatic heterocycles. The monoisotopic (exact) mass is 386 g/mol. The van der Waals surface area contributed by atoms with Crippen LogP contribution in [0.3, 0.4) is 0 Å². The Morgan fingerprint density at radius 2 is 2.00 bits per heavy atom. The van der Waals surface area contributed by atoms with Crippen LogP contribution >= 0.6 is 15.9 Å². The van der Waals surface area contributed by atoms with E-state index in [1.807, 2.05) is 39.0 Å². The molecule has 23 heavy (non-hydrogen) atoms. The molecule has 0 bridgehead atoms. The highest BCUT2D eigenvalue weighted by Gasteiger charge is 2.32. The minimum absolute atomic E-state index is 0.318. The van der Waals surface area contributed by atoms with Crippen molar-refractivity contribution in [3.05, 3.63) is 33.8 Å². The minimum atomic E-state index is -0.708. The summed E-state index contributed by atoms with van der Waals surface area (Å²) in [6.07, 6.45) is 1.50. The molecule has 1 aliphatic heterocycles. The number of ether oxygens (including phenoxy) is 1. The van der Waals surface area contributed by atoms with Crippen molar-refractivity contribution in [3.8, 4) is 0 Å². The molecule has 130 valence electrons. The molecule has 4 N–H and O–H groups in total. The summed E-state index contributed by atoms with van der Waals surface area (Å²) in [6.45, 7) is 8.10. The smallest absolute Gasteiger partial charge is 0.293 e. The van der Waals surface area contributed by atoms with Crippen LogP contribution in [-0.4, -0.2) is 30.3 Å². The molecule has 0 amide bonds. The molecular weight excluding hydrogens is 360 g/mol. The van der Waals surface area contributed by atoms with Gasteiger partial charge in [0, 0.05) is 11.0 Å². The lowest BCUT2D eigenvalue weighted by Crippen LogP contribution is -2.40. The third-order valence-corrected chi connectivity index (χ3v) is 4.11. The largest absolute Gasteiger partial charge is 0.462 e. The number of rotatable bonds is 3. The number of piperidine rings is 1. The molecule has 0 aliphatic carbocycles. The normalized spacial score (nSPS) is 17.0. The maximum Gasteiger partial charge on any atom is 0.293 e. The summed E-state index contributed by atoms with van der Waals surface area (Å²) >= 11 is 3.43. The van der Waals surface area contributed by atoms with E-state index in [0.717, 1.165) is 41.5 Å². The second-order valence-corrected chi connectivity index (χ2v) is 7.53. The second kappa shape index (κ2) is 8.78. The van der Waals surface area contributed by atoms with Crippen molar-refractivity contribution in [2.75, 3.05) is 13.1 Å². The maximum atomic E-state index is 10.6. The van der Waals surface area contributed by atoms with Crippen molar-refractivity contribution in [3.63, 3.8) is 0 Å². The second-order valence-electron chi connectivity index (χ2n) is 6.61. The van der Waals surface area contributed by atoms with Gasteiger partial charge in [0.05, 0.1) is 5.60 Å². The van der Waals surface area contributed by atoms with Crippen LogP contribution in [-0.2, 0) is 21.7 Å². The highest BCUT2D eigenvalue weighted by Crippen LogP contribution is 2.33. The Labute approximate surface area is 146 Å². The molecule has 0 atom stereocenters. The van der Waals surface area contributed by atoms with Crippen LogP contribution in [0.5, 0.6) is 0 Å². The molecule has 1 aromatic rings. The van der Waals surface area contributed by atoms with Gasteiger partial charge in [0.1, 0.15) is 5.60 Å². The zero-order chi connectivity index (χ0) is 17.5. The molecule has 0 radical (unpaired) electrons. The van der Waals surface area contributed by atoms with Crippen molar-refractivity contribution >= 4 is 22.4 Å². The average Bonchev–Trinajstić information content (AvgIpc) is 2.47. The zero-order valence-corrected chi connectivity index (χ0v) is 15.6. The van der Waals surface area contributed by atoms with Gasteiger partial charge < -0.3 is 20.9 Å². The van der Waals surface area contributed by atoms with Gasteiger partial charge in [0.25, 0.3) is 6.47 Å². The quantitative estimate of drug-likeness (QED) is 0.694. The number of nitrogens with two attached hydrogens (primary N) is 1. The van der Waals surface area contributed by atoms with Gasteiger partial charge in [-0.2, -0.15) is 0 Å². The number of benzene rings is 1. The molecule has 1 heterocycles. The maximum absolute atomic E-state index is 10.6. The fourth-order valence-electron chi connectivity index (χ4n) is 2.44. The lowest BCUT2D eigenvalue weighted by molar-refractivity contribution is -0.138. The van der Waals surface area contributed by atoms with Crippen LogP contribution in [0.2, 0.25) is 0 Å². The molecule has 0 saturated carbocycles. The summed E-state index contributed by atoms with van der Waals surface area (Å²) in [7, 11) is 0. The lowest BCUT2D eigenvalue weighted by Gasteiger charge is -2.34. The van der Waals surface area contributed by atoms with Crippen LogP contribution in [0.15, 0.2) is 22.7 Å². The molecule has 1 fully saturated rings. The third kappa shape index (κ3) is 6.59. The van der Waals surface area contributed by atoms with Gasteiger partial charge in [-0.05, 0) is 70.0 Å². The fraction of sp³-hybridized carbons (Fsp3) is 0.588. The Morgan fingerprint density at radius 3 is 2.43 bits per heavy atom. The van der Waals surface area contributed by atoms with Gasteiger partial charge in [-0.3, -0.25) is 4.79 Å². The highest BCUT2D eigenvalue weighted by molar-refractivity contribution is 9.10. The molecule has 1 aliphatic rings. The summed E-state index contributed by atoms with van der Waals surface area (Å²) in [6, 6.07) is 5.95. The predicted octanol–water partition coefficient (Wildman–Crippen LogP) is 2.44. The van der Waals surface area contributed by atoms with Crippen LogP contribution in [0.4, 0.5) is 0 Å². The van der Waals surface area contributed by atoms with Crippen molar-refractivity contribution in [2.45, 2.75) is 51.4 Å². The van der Waals surface area contributed by atoms with Crippen LogP contribution in [0, 0.1) is 0 Å². The fourth-order valence-corrected chi connectivity index (χ4v) is 2.85. The Bertz CT molecular complexity index is 509. The van der Waals surface area contributed by atoms with E-state index >= 15 is 0 Å². The van der Waals surface area contributed by atoms with Gasteiger partial charge in [0.15, 0.2) is 0 Å². The van der Waals surface area contributed by atoms with E-state index in [1.165, 1.54) is 0 Å². The number of halogens is 1. The molecule has 1 saturated heterocycles. The van der Waals surface area contributed by atoms with E-state index in [0.29, 0.717) is 13.0 Å². The first-order valence-corrected chi connectivity index (χ1v) is 8.55. The van der Waals surface area contributed by atoms with Crippen molar-refractivity contribution in [1.82, 2.24) is 5.32 Å². The minimum Gasteiger partial charge on any atom is -0.462 e. The Balaban J connectivity index is 0.000000322. The average molecular weight is 387 g/mol. The van der Waals surface area contributed by atoms with Gasteiger partial charge in [0.2, 0.25) is 0 Å². The number of hydrogen-bond donors (Lipinski definition) is 3. The number of hydrogen-bond acceptors (Lipinski definition) is 5. The molecule has 2 rings (SSSR count). The Morgan fingerprint density at radius 1 is 1.39 bits per heavy atom. The first-order valence-electron chi connectivity index (χ1n) is 7.75. The van der Waals surface area contributed by atoms with Crippen LogP contribution in [0.1, 0.15) is 44.7 Å². The van der Waals surface area contributed by atoms with E-state index in [2.05, 4.69) is 26.0 Å². The van der Waals surface area contributed by atoms with E-state index in [-0.39, 0.29) is 5.60 Å². The van der Waals surface area contributed by atoms with E-state index < -0.39 is 5.60 Å². The predicted molar refractivity (Wildman–Crippen MR) is 94.9 cm³/mol. The third-order valence-electron chi connectivity index (χ3n) is 3.62. The van der Waals surface area contributed by atoms with E-state index in [1.54, 1.807) is 0 Å². The van der Waals surface area contributed by atoms with Crippen LogP contribution < -0.4 is 11.1 Å². The number of aliphatic hydroxyl groups is 1. The molecule has 0 unspecified atom stereocenters. The lowest BCUT2D eigenvalue weighted by atomic mass is 9.82. The molecular formula is C17H27BrN2O3. The molecule has 6 heteroatoms. The summed E-state index contributed by atoms with van der Waals surface area (Å²) < 4.78 is 5.56. The Hall–Kier alpha value is -0.950. The van der Waals surface area contributed by atoms with Crippen molar-refractivity contribution < 1.29 is 14.6 Å². The number of carbonyl (C=O) groups excluding carboxylic acids is 1. The van der Waals surface area contributed by atoms with Crippen molar-refractivity contribution in [1.29, 1.82) is 0 Å². The SMILES string of the molecule is CC(C)(C)OC=O.NCc1cc(Br)ccc1C1(O)CCNCC1. The highest BCUT2D eigenvalue weighted by atomic mass is 79.9. The molecule has 1 aromatic carbocycles. The van der Waals surface area contributed by atoms with Gasteiger partial charge in [-0.15, -0.1) is 0 Å². The summed E-state index contributed by atoms with van der Waals surface area (Å²) in [5.41, 5.74) is 6.72. The van der Waals surface area contributed by atoms with Gasteiger partial charge in [-0.1, -0.05) is 22.0 Å². The summed E-state index contributed by atoms with van der Waals surface area (Å²) in [5, 5.41) is 13.9. The number of nitrogens with one attached hydrogen (secondary N) is 1. The first kappa shape index (κ1) is 20.1.